The van der Waals surface area contributed by atoms with Gasteiger partial charge in [0.2, 0.25) is 11.8 Å². The Bertz CT molecular complexity index is 590. The molecule has 2 amide bonds. The molecule has 1 aliphatic heterocycles. The van der Waals surface area contributed by atoms with Crippen molar-refractivity contribution in [3.63, 3.8) is 0 Å². The van der Waals surface area contributed by atoms with Crippen molar-refractivity contribution < 1.29 is 14.0 Å². The Hall–Kier alpha value is -1.78. The number of furan rings is 1. The van der Waals surface area contributed by atoms with Crippen LogP contribution in [0.15, 0.2) is 16.5 Å². The number of piperazine rings is 1. The van der Waals surface area contributed by atoms with Crippen LogP contribution in [0.25, 0.3) is 0 Å². The molecule has 2 heterocycles. The predicted molar refractivity (Wildman–Crippen MR) is 77.4 cm³/mol. The van der Waals surface area contributed by atoms with Crippen molar-refractivity contribution >= 4 is 11.8 Å². The first-order chi connectivity index (χ1) is 9.84. The lowest BCUT2D eigenvalue weighted by Gasteiger charge is -2.45. The van der Waals surface area contributed by atoms with Crippen molar-refractivity contribution in [3.8, 4) is 0 Å². The van der Waals surface area contributed by atoms with Crippen LogP contribution in [0.1, 0.15) is 51.2 Å². The number of carbonyl (C=O) groups is 2. The first kappa shape index (κ1) is 14.2. The zero-order valence-electron chi connectivity index (χ0n) is 13.0. The van der Waals surface area contributed by atoms with E-state index in [9.17, 15) is 9.59 Å². The third kappa shape index (κ3) is 2.15. The zero-order valence-corrected chi connectivity index (χ0v) is 13.0. The molecule has 5 heteroatoms. The fourth-order valence-electron chi connectivity index (χ4n) is 3.25. The molecule has 5 nitrogen and oxygen atoms in total. The summed E-state index contributed by atoms with van der Waals surface area (Å²) in [6, 6.07) is 3.03. The van der Waals surface area contributed by atoms with E-state index in [2.05, 4.69) is 5.32 Å². The molecule has 2 fully saturated rings. The molecule has 1 saturated carbocycles. The second-order valence-electron chi connectivity index (χ2n) is 6.48. The normalized spacial score (nSPS) is 31.2. The van der Waals surface area contributed by atoms with Crippen LogP contribution in [0, 0.1) is 12.8 Å². The minimum atomic E-state index is -0.764. The van der Waals surface area contributed by atoms with Gasteiger partial charge in [-0.2, -0.15) is 0 Å². The van der Waals surface area contributed by atoms with Crippen molar-refractivity contribution in [1.29, 1.82) is 0 Å². The molecule has 0 radical (unpaired) electrons. The molecule has 0 spiro atoms. The fourth-order valence-corrected chi connectivity index (χ4v) is 3.25. The van der Waals surface area contributed by atoms with E-state index < -0.39 is 11.6 Å². The van der Waals surface area contributed by atoms with Gasteiger partial charge in [0, 0.05) is 0 Å². The summed E-state index contributed by atoms with van der Waals surface area (Å²) < 4.78 is 5.65. The lowest BCUT2D eigenvalue weighted by molar-refractivity contribution is -0.157. The van der Waals surface area contributed by atoms with Crippen LogP contribution in [-0.4, -0.2) is 28.3 Å². The van der Waals surface area contributed by atoms with Crippen molar-refractivity contribution in [3.05, 3.63) is 23.7 Å². The maximum absolute atomic E-state index is 13.0. The Labute approximate surface area is 124 Å². The van der Waals surface area contributed by atoms with Crippen LogP contribution >= 0.6 is 0 Å². The first-order valence-corrected chi connectivity index (χ1v) is 7.55. The lowest BCUT2D eigenvalue weighted by atomic mass is 9.88. The fraction of sp³-hybridized carbons (Fsp3) is 0.625. The van der Waals surface area contributed by atoms with E-state index in [1.54, 1.807) is 11.8 Å². The number of nitrogens with zero attached hydrogens (tertiary/aromatic N) is 1. The molecule has 21 heavy (non-hydrogen) atoms. The van der Waals surface area contributed by atoms with Crippen LogP contribution in [0.4, 0.5) is 0 Å². The van der Waals surface area contributed by atoms with Gasteiger partial charge >= 0.3 is 0 Å². The van der Waals surface area contributed by atoms with Crippen molar-refractivity contribution in [2.75, 3.05) is 0 Å². The summed E-state index contributed by atoms with van der Waals surface area (Å²) in [7, 11) is 0. The van der Waals surface area contributed by atoms with Crippen LogP contribution in [0.5, 0.6) is 0 Å². The molecule has 1 N–H and O–H groups in total. The highest BCUT2D eigenvalue weighted by molar-refractivity contribution is 6.00. The van der Waals surface area contributed by atoms with Gasteiger partial charge in [-0.1, -0.05) is 0 Å². The molecule has 1 aromatic rings. The topological polar surface area (TPSA) is 62.6 Å². The number of nitrogens with one attached hydrogen (secondary N) is 1. The third-order valence-electron chi connectivity index (χ3n) is 4.84. The summed E-state index contributed by atoms with van der Waals surface area (Å²) in [6.07, 6.45) is 2.00. The maximum Gasteiger partial charge on any atom is 0.249 e. The van der Waals surface area contributed by atoms with Gasteiger partial charge < -0.3 is 14.6 Å². The van der Waals surface area contributed by atoms with Gasteiger partial charge in [-0.05, 0) is 58.6 Å². The summed E-state index contributed by atoms with van der Waals surface area (Å²) >= 11 is 0. The first-order valence-electron chi connectivity index (χ1n) is 7.55. The SMILES string of the molecule is Cc1ccc(C(C)N2C(=O)C(C)(C3CC3)NC(=O)C2C)o1. The summed E-state index contributed by atoms with van der Waals surface area (Å²) in [6.45, 7) is 7.41. The average Bonchev–Trinajstić information content (AvgIpc) is 3.20. The molecule has 3 atom stereocenters. The van der Waals surface area contributed by atoms with Gasteiger partial charge in [0.1, 0.15) is 23.1 Å². The summed E-state index contributed by atoms with van der Waals surface area (Å²) in [5.74, 6) is 1.70. The molecule has 0 bridgehead atoms. The Balaban J connectivity index is 1.94. The minimum absolute atomic E-state index is 0.00125. The van der Waals surface area contributed by atoms with Crippen molar-refractivity contribution in [1.82, 2.24) is 10.2 Å². The van der Waals surface area contributed by atoms with Gasteiger partial charge in [0.15, 0.2) is 0 Å². The zero-order chi connectivity index (χ0) is 15.4. The van der Waals surface area contributed by atoms with Gasteiger partial charge in [-0.25, -0.2) is 0 Å². The molecule has 2 aliphatic rings. The second-order valence-corrected chi connectivity index (χ2v) is 6.48. The maximum atomic E-state index is 13.0. The minimum Gasteiger partial charge on any atom is -0.464 e. The van der Waals surface area contributed by atoms with Crippen molar-refractivity contribution in [2.24, 2.45) is 5.92 Å². The Kier molecular flexibility index (Phi) is 3.11. The molecular formula is C16H22N2O3. The Morgan fingerprint density at radius 1 is 1.38 bits per heavy atom. The van der Waals surface area contributed by atoms with E-state index in [0.29, 0.717) is 0 Å². The Morgan fingerprint density at radius 3 is 2.57 bits per heavy atom. The molecule has 114 valence electrons. The highest BCUT2D eigenvalue weighted by Gasteiger charge is 2.55. The largest absolute Gasteiger partial charge is 0.464 e. The average molecular weight is 290 g/mol. The molecule has 0 aromatic carbocycles. The summed E-state index contributed by atoms with van der Waals surface area (Å²) in [5.41, 5.74) is -0.764. The molecular weight excluding hydrogens is 268 g/mol. The molecule has 3 rings (SSSR count). The quantitative estimate of drug-likeness (QED) is 0.928. The highest BCUT2D eigenvalue weighted by atomic mass is 16.3. The van der Waals surface area contributed by atoms with Gasteiger partial charge in [-0.15, -0.1) is 0 Å². The summed E-state index contributed by atoms with van der Waals surface area (Å²) in [5, 5.41) is 2.93. The van der Waals surface area contributed by atoms with E-state index >= 15 is 0 Å². The number of amides is 2. The molecule has 3 unspecified atom stereocenters. The third-order valence-corrected chi connectivity index (χ3v) is 4.84. The smallest absolute Gasteiger partial charge is 0.249 e. The number of carbonyl (C=O) groups excluding carboxylic acids is 2. The van der Waals surface area contributed by atoms with E-state index in [1.165, 1.54) is 0 Å². The van der Waals surface area contributed by atoms with E-state index in [-0.39, 0.29) is 23.8 Å². The Morgan fingerprint density at radius 2 is 2.05 bits per heavy atom. The standard InChI is InChI=1S/C16H22N2O3/c1-9-5-8-13(21-9)10(2)18-11(3)14(19)17-16(4,15(18)20)12-6-7-12/h5,8,10-12H,6-7H2,1-4H3,(H,17,19). The summed E-state index contributed by atoms with van der Waals surface area (Å²) in [4.78, 5) is 27.0. The number of hydrogen-bond donors (Lipinski definition) is 1. The van der Waals surface area contributed by atoms with Crippen LogP contribution in [0.2, 0.25) is 0 Å². The highest BCUT2D eigenvalue weighted by Crippen LogP contribution is 2.43. The van der Waals surface area contributed by atoms with E-state index in [0.717, 1.165) is 24.4 Å². The molecule has 1 saturated heterocycles. The monoisotopic (exact) mass is 290 g/mol. The number of hydrogen-bond acceptors (Lipinski definition) is 3. The van der Waals surface area contributed by atoms with Crippen LogP contribution < -0.4 is 5.32 Å². The predicted octanol–water partition coefficient (Wildman–Crippen LogP) is 2.16. The van der Waals surface area contributed by atoms with E-state index in [1.807, 2.05) is 32.9 Å². The van der Waals surface area contributed by atoms with Crippen LogP contribution in [0.3, 0.4) is 0 Å². The molecule has 1 aliphatic carbocycles. The molecule has 1 aromatic heterocycles. The number of rotatable bonds is 3. The van der Waals surface area contributed by atoms with Gasteiger partial charge in [0.05, 0.1) is 6.04 Å². The van der Waals surface area contributed by atoms with Gasteiger partial charge in [0.25, 0.3) is 0 Å². The number of aryl methyl sites for hydroxylation is 1. The second kappa shape index (κ2) is 4.61. The van der Waals surface area contributed by atoms with Crippen LogP contribution in [-0.2, 0) is 9.59 Å². The van der Waals surface area contributed by atoms with Crippen molar-refractivity contribution in [2.45, 2.75) is 58.2 Å². The lowest BCUT2D eigenvalue weighted by Crippen LogP contribution is -2.69. The van der Waals surface area contributed by atoms with Gasteiger partial charge in [-0.3, -0.25) is 9.59 Å². The van der Waals surface area contributed by atoms with E-state index in [4.69, 9.17) is 4.42 Å².